The molecule has 1 saturated heterocycles. The van der Waals surface area contributed by atoms with Crippen LogP contribution in [-0.4, -0.2) is 56.6 Å². The first-order chi connectivity index (χ1) is 16.1. The number of piperidine rings is 1. The number of allylic oxidation sites excluding steroid dienone is 1. The molecule has 4 rings (SSSR count). The second-order valence-electron chi connectivity index (χ2n) is 8.11. The van der Waals surface area contributed by atoms with E-state index >= 15 is 0 Å². The molecule has 0 bridgehead atoms. The normalized spacial score (nSPS) is 19.2. The number of esters is 1. The summed E-state index contributed by atoms with van der Waals surface area (Å²) in [4.78, 5) is 26.9. The van der Waals surface area contributed by atoms with Gasteiger partial charge in [-0.1, -0.05) is 12.1 Å². The summed E-state index contributed by atoms with van der Waals surface area (Å²) >= 11 is 0. The number of benzene rings is 2. The summed E-state index contributed by atoms with van der Waals surface area (Å²) in [6.45, 7) is 5.09. The topological polar surface area (TPSA) is 74.3 Å². The first kappa shape index (κ1) is 22.9. The molecule has 2 aromatic rings. The summed E-state index contributed by atoms with van der Waals surface area (Å²) < 4.78 is 22.1. The van der Waals surface area contributed by atoms with Gasteiger partial charge in [-0.2, -0.15) is 0 Å². The van der Waals surface area contributed by atoms with E-state index in [9.17, 15) is 9.59 Å². The number of hydrogen-bond acceptors (Lipinski definition) is 7. The Bertz CT molecular complexity index is 1030. The summed E-state index contributed by atoms with van der Waals surface area (Å²) in [5.74, 6) is 1.86. The molecule has 7 heteroatoms. The van der Waals surface area contributed by atoms with Crippen molar-refractivity contribution in [1.29, 1.82) is 0 Å². The van der Waals surface area contributed by atoms with Crippen molar-refractivity contribution < 1.29 is 28.5 Å². The molecule has 2 heterocycles. The van der Waals surface area contributed by atoms with Crippen molar-refractivity contribution in [1.82, 2.24) is 4.90 Å². The van der Waals surface area contributed by atoms with Crippen molar-refractivity contribution in [2.75, 3.05) is 40.0 Å². The van der Waals surface area contributed by atoms with Crippen LogP contribution in [0.3, 0.4) is 0 Å². The second-order valence-corrected chi connectivity index (χ2v) is 8.11. The highest BCUT2D eigenvalue weighted by Gasteiger charge is 2.28. The molecule has 0 radical (unpaired) electrons. The van der Waals surface area contributed by atoms with Gasteiger partial charge in [-0.3, -0.25) is 14.5 Å². The highest BCUT2D eigenvalue weighted by molar-refractivity contribution is 6.14. The molecule has 0 aromatic heterocycles. The van der Waals surface area contributed by atoms with Gasteiger partial charge in [0.15, 0.2) is 5.76 Å². The zero-order chi connectivity index (χ0) is 23.2. The summed E-state index contributed by atoms with van der Waals surface area (Å²) in [5, 5.41) is 0. The van der Waals surface area contributed by atoms with E-state index in [1.807, 2.05) is 31.2 Å². The van der Waals surface area contributed by atoms with Gasteiger partial charge in [0.2, 0.25) is 5.78 Å². The maximum absolute atomic E-state index is 12.7. The Morgan fingerprint density at radius 1 is 1.18 bits per heavy atom. The number of nitrogens with zero attached hydrogens (tertiary/aromatic N) is 1. The van der Waals surface area contributed by atoms with E-state index in [2.05, 4.69) is 4.90 Å². The number of likely N-dealkylation sites (tertiary alicyclic amines) is 1. The van der Waals surface area contributed by atoms with E-state index in [1.54, 1.807) is 31.4 Å². The lowest BCUT2D eigenvalue weighted by Crippen LogP contribution is -2.41. The number of carbonyl (C=O) groups excluding carboxylic acids is 2. The van der Waals surface area contributed by atoms with Crippen LogP contribution in [0.2, 0.25) is 0 Å². The molecule has 0 N–H and O–H groups in total. The van der Waals surface area contributed by atoms with Crippen LogP contribution in [0.1, 0.15) is 35.7 Å². The number of hydrogen-bond donors (Lipinski definition) is 0. The molecule has 7 nitrogen and oxygen atoms in total. The van der Waals surface area contributed by atoms with Crippen LogP contribution in [0.15, 0.2) is 48.2 Å². The third-order valence-corrected chi connectivity index (χ3v) is 5.86. The molecule has 2 aliphatic rings. The summed E-state index contributed by atoms with van der Waals surface area (Å²) in [6, 6.07) is 12.7. The van der Waals surface area contributed by atoms with Gasteiger partial charge < -0.3 is 18.9 Å². The Morgan fingerprint density at radius 2 is 1.97 bits per heavy atom. The van der Waals surface area contributed by atoms with E-state index in [0.29, 0.717) is 36.8 Å². The lowest BCUT2D eigenvalue weighted by Gasteiger charge is -2.31. The summed E-state index contributed by atoms with van der Waals surface area (Å²) in [6.07, 6.45) is 3.57. The van der Waals surface area contributed by atoms with Crippen molar-refractivity contribution in [3.05, 3.63) is 59.4 Å². The Kier molecular flexibility index (Phi) is 7.29. The predicted octanol–water partition coefficient (Wildman–Crippen LogP) is 3.97. The first-order valence-electron chi connectivity index (χ1n) is 11.3. The number of ether oxygens (including phenoxy) is 4. The maximum atomic E-state index is 12.7. The quantitative estimate of drug-likeness (QED) is 0.444. The molecule has 0 amide bonds. The van der Waals surface area contributed by atoms with Crippen molar-refractivity contribution in [2.45, 2.75) is 19.8 Å². The van der Waals surface area contributed by atoms with E-state index < -0.39 is 0 Å². The van der Waals surface area contributed by atoms with Crippen LogP contribution in [-0.2, 0) is 9.53 Å². The fourth-order valence-corrected chi connectivity index (χ4v) is 4.11. The van der Waals surface area contributed by atoms with Gasteiger partial charge in [0.1, 0.15) is 23.9 Å². The van der Waals surface area contributed by atoms with Crippen molar-refractivity contribution in [2.24, 2.45) is 5.92 Å². The standard InChI is InChI=1S/C26H29NO6/c1-3-31-26(29)19-5-4-12-27(17-19)13-14-32-21-10-11-22-23(16-21)33-24(25(22)28)15-18-6-8-20(30-2)9-7-18/h6-11,15-16,19H,3-5,12-14,17H2,1-2H3. The molecule has 0 aliphatic carbocycles. The molecule has 1 fully saturated rings. The van der Waals surface area contributed by atoms with Crippen LogP contribution in [0, 0.1) is 5.92 Å². The number of fused-ring (bicyclic) bond motifs is 1. The molecule has 174 valence electrons. The van der Waals surface area contributed by atoms with Crippen molar-refractivity contribution >= 4 is 17.8 Å². The Labute approximate surface area is 193 Å². The summed E-state index contributed by atoms with van der Waals surface area (Å²) in [7, 11) is 1.61. The van der Waals surface area contributed by atoms with Gasteiger partial charge in [0.05, 0.1) is 25.2 Å². The smallest absolute Gasteiger partial charge is 0.310 e. The lowest BCUT2D eigenvalue weighted by molar-refractivity contribution is -0.150. The minimum absolute atomic E-state index is 0.0611. The van der Waals surface area contributed by atoms with Gasteiger partial charge in [0.25, 0.3) is 0 Å². The maximum Gasteiger partial charge on any atom is 0.310 e. The number of Topliss-reactive ketones (excluding diaryl/α,β-unsaturated/α-hetero) is 1. The van der Waals surface area contributed by atoms with Crippen LogP contribution >= 0.6 is 0 Å². The third-order valence-electron chi connectivity index (χ3n) is 5.86. The fourth-order valence-electron chi connectivity index (χ4n) is 4.11. The molecular weight excluding hydrogens is 422 g/mol. The molecule has 0 spiro atoms. The highest BCUT2D eigenvalue weighted by atomic mass is 16.5. The van der Waals surface area contributed by atoms with E-state index in [0.717, 1.165) is 37.2 Å². The fraction of sp³-hybridized carbons (Fsp3) is 0.385. The SMILES string of the molecule is CCOC(=O)C1CCCN(CCOc2ccc3c(c2)OC(=Cc2ccc(OC)cc2)C3=O)C1. The number of rotatable bonds is 8. The zero-order valence-electron chi connectivity index (χ0n) is 19.0. The first-order valence-corrected chi connectivity index (χ1v) is 11.3. The lowest BCUT2D eigenvalue weighted by atomic mass is 9.98. The van der Waals surface area contributed by atoms with E-state index in [1.165, 1.54) is 0 Å². The monoisotopic (exact) mass is 451 g/mol. The molecular formula is C26H29NO6. The van der Waals surface area contributed by atoms with Gasteiger partial charge in [-0.25, -0.2) is 0 Å². The molecule has 1 atom stereocenters. The largest absolute Gasteiger partial charge is 0.497 e. The minimum Gasteiger partial charge on any atom is -0.497 e. The average molecular weight is 452 g/mol. The molecule has 2 aliphatic heterocycles. The Morgan fingerprint density at radius 3 is 2.73 bits per heavy atom. The Hall–Kier alpha value is -3.32. The van der Waals surface area contributed by atoms with Crippen LogP contribution in [0.4, 0.5) is 0 Å². The van der Waals surface area contributed by atoms with Gasteiger partial charge >= 0.3 is 5.97 Å². The average Bonchev–Trinajstić information content (AvgIpc) is 3.14. The zero-order valence-corrected chi connectivity index (χ0v) is 19.0. The third kappa shape index (κ3) is 5.54. The van der Waals surface area contributed by atoms with Gasteiger partial charge in [0, 0.05) is 19.2 Å². The number of carbonyl (C=O) groups is 2. The van der Waals surface area contributed by atoms with Gasteiger partial charge in [-0.05, 0) is 62.2 Å². The highest BCUT2D eigenvalue weighted by Crippen LogP contribution is 2.35. The van der Waals surface area contributed by atoms with Crippen LogP contribution in [0.25, 0.3) is 6.08 Å². The summed E-state index contributed by atoms with van der Waals surface area (Å²) in [5.41, 5.74) is 1.38. The van der Waals surface area contributed by atoms with Crippen LogP contribution < -0.4 is 14.2 Å². The molecule has 33 heavy (non-hydrogen) atoms. The number of methoxy groups -OCH3 is 1. The minimum atomic E-state index is -0.148. The molecule has 0 saturated carbocycles. The van der Waals surface area contributed by atoms with Gasteiger partial charge in [-0.15, -0.1) is 0 Å². The van der Waals surface area contributed by atoms with E-state index in [4.69, 9.17) is 18.9 Å². The second kappa shape index (κ2) is 10.5. The number of ketones is 1. The Balaban J connectivity index is 1.32. The van der Waals surface area contributed by atoms with E-state index in [-0.39, 0.29) is 23.4 Å². The van der Waals surface area contributed by atoms with Crippen molar-refractivity contribution in [3.63, 3.8) is 0 Å². The molecule has 2 aromatic carbocycles. The van der Waals surface area contributed by atoms with Crippen LogP contribution in [0.5, 0.6) is 17.2 Å². The predicted molar refractivity (Wildman–Crippen MR) is 124 cm³/mol. The molecule has 1 unspecified atom stereocenters. The van der Waals surface area contributed by atoms with Crippen molar-refractivity contribution in [3.8, 4) is 17.2 Å².